The SMILES string of the molecule is CCOC(=O)C(C)(C)c1csc(NCCOCC(F)F)n1. The third-order valence-electron chi connectivity index (χ3n) is 2.70. The number of hydrogen-bond acceptors (Lipinski definition) is 6. The number of carbonyl (C=O) groups excluding carboxylic acids is 1. The molecule has 0 fully saturated rings. The molecule has 0 saturated carbocycles. The summed E-state index contributed by atoms with van der Waals surface area (Å²) in [7, 11) is 0. The second kappa shape index (κ2) is 8.23. The highest BCUT2D eigenvalue weighted by Gasteiger charge is 2.33. The number of rotatable bonds is 9. The van der Waals surface area contributed by atoms with Crippen molar-refractivity contribution in [3.63, 3.8) is 0 Å². The molecule has 8 heteroatoms. The molecule has 1 aromatic rings. The third kappa shape index (κ3) is 5.55. The van der Waals surface area contributed by atoms with Crippen molar-refractivity contribution in [3.8, 4) is 0 Å². The van der Waals surface area contributed by atoms with E-state index >= 15 is 0 Å². The second-order valence-corrected chi connectivity index (χ2v) is 5.63. The van der Waals surface area contributed by atoms with Gasteiger partial charge in [0.05, 0.1) is 18.9 Å². The molecule has 5 nitrogen and oxygen atoms in total. The van der Waals surface area contributed by atoms with Gasteiger partial charge in [0.2, 0.25) is 0 Å². The molecule has 0 spiro atoms. The summed E-state index contributed by atoms with van der Waals surface area (Å²) in [4.78, 5) is 16.2. The Morgan fingerprint density at radius 2 is 2.24 bits per heavy atom. The first-order chi connectivity index (χ1) is 9.87. The number of halogens is 2. The van der Waals surface area contributed by atoms with Crippen molar-refractivity contribution < 1.29 is 23.0 Å². The van der Waals surface area contributed by atoms with Crippen LogP contribution in [0, 0.1) is 0 Å². The summed E-state index contributed by atoms with van der Waals surface area (Å²) in [5, 5.41) is 5.36. The summed E-state index contributed by atoms with van der Waals surface area (Å²) >= 11 is 1.34. The minimum absolute atomic E-state index is 0.167. The number of hydrogen-bond donors (Lipinski definition) is 1. The van der Waals surface area contributed by atoms with Crippen LogP contribution in [-0.2, 0) is 19.7 Å². The Kier molecular flexibility index (Phi) is 6.97. The molecule has 0 aliphatic carbocycles. The monoisotopic (exact) mass is 322 g/mol. The molecule has 1 N–H and O–H groups in total. The van der Waals surface area contributed by atoms with Crippen LogP contribution < -0.4 is 5.32 Å². The average Bonchev–Trinajstić information content (AvgIpc) is 2.87. The smallest absolute Gasteiger partial charge is 0.317 e. The van der Waals surface area contributed by atoms with Crippen LogP contribution in [0.3, 0.4) is 0 Å². The van der Waals surface area contributed by atoms with E-state index in [2.05, 4.69) is 10.3 Å². The van der Waals surface area contributed by atoms with Gasteiger partial charge in [0.15, 0.2) is 5.13 Å². The lowest BCUT2D eigenvalue weighted by atomic mass is 9.90. The van der Waals surface area contributed by atoms with Crippen molar-refractivity contribution in [2.75, 3.05) is 31.7 Å². The van der Waals surface area contributed by atoms with Crippen LogP contribution in [0.2, 0.25) is 0 Å². The summed E-state index contributed by atoms with van der Waals surface area (Å²) in [6, 6.07) is 0. The standard InChI is InChI=1S/C13H20F2N2O3S/c1-4-20-11(18)13(2,3)9-8-21-12(17-9)16-5-6-19-7-10(14)15/h8,10H,4-7H2,1-3H3,(H,16,17). The van der Waals surface area contributed by atoms with E-state index in [4.69, 9.17) is 9.47 Å². The van der Waals surface area contributed by atoms with E-state index in [-0.39, 0.29) is 12.6 Å². The fourth-order valence-electron chi connectivity index (χ4n) is 1.46. The van der Waals surface area contributed by atoms with Crippen molar-refractivity contribution >= 4 is 22.4 Å². The summed E-state index contributed by atoms with van der Waals surface area (Å²) in [6.45, 7) is 5.53. The molecule has 0 radical (unpaired) electrons. The predicted molar refractivity (Wildman–Crippen MR) is 77.1 cm³/mol. The molecule has 0 aliphatic heterocycles. The molecule has 0 amide bonds. The van der Waals surface area contributed by atoms with E-state index in [1.165, 1.54) is 11.3 Å². The summed E-state index contributed by atoms with van der Waals surface area (Å²) in [6.07, 6.45) is -2.46. The average molecular weight is 322 g/mol. The molecule has 0 aliphatic rings. The number of alkyl halides is 2. The largest absolute Gasteiger partial charge is 0.465 e. The van der Waals surface area contributed by atoms with Gasteiger partial charge in [0.25, 0.3) is 6.43 Å². The molecule has 0 saturated heterocycles. The second-order valence-electron chi connectivity index (χ2n) is 4.78. The Morgan fingerprint density at radius 1 is 1.52 bits per heavy atom. The minimum atomic E-state index is -2.46. The van der Waals surface area contributed by atoms with Crippen LogP contribution in [0.4, 0.5) is 13.9 Å². The number of carbonyl (C=O) groups is 1. The van der Waals surface area contributed by atoms with Crippen molar-refractivity contribution in [2.45, 2.75) is 32.6 Å². The normalized spacial score (nSPS) is 11.7. The van der Waals surface area contributed by atoms with Crippen molar-refractivity contribution in [3.05, 3.63) is 11.1 Å². The highest BCUT2D eigenvalue weighted by molar-refractivity contribution is 7.13. The lowest BCUT2D eigenvalue weighted by molar-refractivity contribution is -0.148. The Balaban J connectivity index is 2.47. The Morgan fingerprint density at radius 3 is 2.86 bits per heavy atom. The number of nitrogens with zero attached hydrogens (tertiary/aromatic N) is 1. The van der Waals surface area contributed by atoms with Gasteiger partial charge in [-0.25, -0.2) is 13.8 Å². The maximum absolute atomic E-state index is 11.9. The van der Waals surface area contributed by atoms with Gasteiger partial charge in [-0.1, -0.05) is 0 Å². The Labute approximate surface area is 126 Å². The fraction of sp³-hybridized carbons (Fsp3) is 0.692. The molecule has 0 atom stereocenters. The first-order valence-electron chi connectivity index (χ1n) is 6.61. The summed E-state index contributed by atoms with van der Waals surface area (Å²) in [5.41, 5.74) is -0.208. The molecular formula is C13H20F2N2O3S. The van der Waals surface area contributed by atoms with Gasteiger partial charge in [0, 0.05) is 11.9 Å². The zero-order valence-electron chi connectivity index (χ0n) is 12.3. The van der Waals surface area contributed by atoms with Crippen molar-refractivity contribution in [1.82, 2.24) is 4.98 Å². The van der Waals surface area contributed by atoms with Crippen LogP contribution in [-0.4, -0.2) is 43.7 Å². The summed E-state index contributed by atoms with van der Waals surface area (Å²) in [5.74, 6) is -0.331. The van der Waals surface area contributed by atoms with Crippen LogP contribution in [0.25, 0.3) is 0 Å². The quantitative estimate of drug-likeness (QED) is 0.559. The number of nitrogens with one attached hydrogen (secondary N) is 1. The maximum atomic E-state index is 11.9. The van der Waals surface area contributed by atoms with E-state index in [0.29, 0.717) is 24.0 Å². The number of esters is 1. The van der Waals surface area contributed by atoms with E-state index in [1.807, 2.05) is 0 Å². The molecular weight excluding hydrogens is 302 g/mol. The van der Waals surface area contributed by atoms with Crippen LogP contribution >= 0.6 is 11.3 Å². The van der Waals surface area contributed by atoms with Gasteiger partial charge >= 0.3 is 5.97 Å². The fourth-order valence-corrected chi connectivity index (χ4v) is 2.37. The number of ether oxygens (including phenoxy) is 2. The van der Waals surface area contributed by atoms with Gasteiger partial charge in [0.1, 0.15) is 12.0 Å². The zero-order valence-corrected chi connectivity index (χ0v) is 13.1. The van der Waals surface area contributed by atoms with Crippen molar-refractivity contribution in [1.29, 1.82) is 0 Å². The van der Waals surface area contributed by atoms with Crippen LogP contribution in [0.15, 0.2) is 5.38 Å². The highest BCUT2D eigenvalue weighted by atomic mass is 32.1. The van der Waals surface area contributed by atoms with Gasteiger partial charge < -0.3 is 14.8 Å². The number of aromatic nitrogens is 1. The minimum Gasteiger partial charge on any atom is -0.465 e. The maximum Gasteiger partial charge on any atom is 0.317 e. The van der Waals surface area contributed by atoms with Crippen LogP contribution in [0.5, 0.6) is 0 Å². The summed E-state index contributed by atoms with van der Waals surface area (Å²) < 4.78 is 33.5. The van der Waals surface area contributed by atoms with Gasteiger partial charge in [-0.05, 0) is 20.8 Å². The molecule has 21 heavy (non-hydrogen) atoms. The Bertz CT molecular complexity index is 452. The molecule has 0 unspecified atom stereocenters. The van der Waals surface area contributed by atoms with Gasteiger partial charge in [-0.2, -0.15) is 0 Å². The first-order valence-corrected chi connectivity index (χ1v) is 7.48. The zero-order chi connectivity index (χ0) is 15.9. The molecule has 120 valence electrons. The molecule has 1 aromatic heterocycles. The molecule has 0 bridgehead atoms. The lowest BCUT2D eigenvalue weighted by Gasteiger charge is -2.19. The Hall–Kier alpha value is -1.28. The van der Waals surface area contributed by atoms with Crippen molar-refractivity contribution in [2.24, 2.45) is 0 Å². The van der Waals surface area contributed by atoms with E-state index in [0.717, 1.165) is 0 Å². The van der Waals surface area contributed by atoms with E-state index in [1.54, 1.807) is 26.2 Å². The third-order valence-corrected chi connectivity index (χ3v) is 3.50. The first kappa shape index (κ1) is 17.8. The van der Waals surface area contributed by atoms with Crippen LogP contribution in [0.1, 0.15) is 26.5 Å². The molecule has 0 aromatic carbocycles. The van der Waals surface area contributed by atoms with E-state index in [9.17, 15) is 13.6 Å². The topological polar surface area (TPSA) is 60.5 Å². The van der Waals surface area contributed by atoms with Gasteiger partial charge in [-0.15, -0.1) is 11.3 Å². The number of thiazole rings is 1. The van der Waals surface area contributed by atoms with Gasteiger partial charge in [-0.3, -0.25) is 4.79 Å². The molecule has 1 heterocycles. The highest BCUT2D eigenvalue weighted by Crippen LogP contribution is 2.28. The number of anilines is 1. The lowest BCUT2D eigenvalue weighted by Crippen LogP contribution is -2.31. The molecule has 1 rings (SSSR count). The van der Waals surface area contributed by atoms with E-state index < -0.39 is 18.4 Å². The predicted octanol–water partition coefficient (Wildman–Crippen LogP) is 2.68.